The van der Waals surface area contributed by atoms with Gasteiger partial charge in [-0.25, -0.2) is 0 Å². The molecule has 0 spiro atoms. The van der Waals surface area contributed by atoms with Crippen molar-refractivity contribution in [2.45, 2.75) is 12.3 Å². The van der Waals surface area contributed by atoms with Crippen molar-refractivity contribution in [3.8, 4) is 0 Å². The second-order valence-corrected chi connectivity index (χ2v) is 5.92. The maximum atomic E-state index is 12.5. The van der Waals surface area contributed by atoms with Crippen LogP contribution in [-0.4, -0.2) is 35.0 Å². The summed E-state index contributed by atoms with van der Waals surface area (Å²) in [5.74, 6) is -1.54. The topological polar surface area (TPSA) is 57.6 Å². The quantitative estimate of drug-likeness (QED) is 0.944. The second-order valence-electron chi connectivity index (χ2n) is 5.92. The third kappa shape index (κ3) is 3.42. The summed E-state index contributed by atoms with van der Waals surface area (Å²) in [4.78, 5) is 25.8. The third-order valence-corrected chi connectivity index (χ3v) is 4.42. The Hall–Kier alpha value is -2.62. The number of carbonyl (C=O) groups is 2. The van der Waals surface area contributed by atoms with Gasteiger partial charge in [0.15, 0.2) is 0 Å². The van der Waals surface area contributed by atoms with Crippen LogP contribution in [0.15, 0.2) is 60.7 Å². The van der Waals surface area contributed by atoms with Crippen LogP contribution in [0.3, 0.4) is 0 Å². The third-order valence-electron chi connectivity index (χ3n) is 4.42. The first-order valence-corrected chi connectivity index (χ1v) is 7.74. The molecule has 0 unspecified atom stereocenters. The number of likely N-dealkylation sites (tertiary alicyclic amines) is 1. The second kappa shape index (κ2) is 6.65. The number of rotatable bonds is 4. The van der Waals surface area contributed by atoms with Crippen molar-refractivity contribution in [3.05, 3.63) is 71.8 Å². The molecule has 0 radical (unpaired) electrons. The van der Waals surface area contributed by atoms with Crippen molar-refractivity contribution in [2.24, 2.45) is 5.92 Å². The zero-order chi connectivity index (χ0) is 16.2. The molecule has 3 rings (SSSR count). The SMILES string of the molecule is O=C(O)[C@@H]1CN(C(=O)Cc2ccccc2)C[C@H]1c1ccccc1. The minimum absolute atomic E-state index is 0.0131. The van der Waals surface area contributed by atoms with Gasteiger partial charge >= 0.3 is 5.97 Å². The Kier molecular flexibility index (Phi) is 4.42. The Bertz CT molecular complexity index is 684. The fourth-order valence-electron chi connectivity index (χ4n) is 3.18. The average molecular weight is 309 g/mol. The highest BCUT2D eigenvalue weighted by Crippen LogP contribution is 2.33. The Balaban J connectivity index is 1.75. The maximum absolute atomic E-state index is 12.5. The van der Waals surface area contributed by atoms with Gasteiger partial charge in [-0.05, 0) is 11.1 Å². The molecule has 4 heteroatoms. The van der Waals surface area contributed by atoms with Crippen LogP contribution in [-0.2, 0) is 16.0 Å². The van der Waals surface area contributed by atoms with E-state index in [1.807, 2.05) is 60.7 Å². The van der Waals surface area contributed by atoms with Crippen LogP contribution in [0.1, 0.15) is 17.0 Å². The molecule has 1 heterocycles. The summed E-state index contributed by atoms with van der Waals surface area (Å²) in [6.45, 7) is 0.743. The average Bonchev–Trinajstić information content (AvgIpc) is 3.02. The van der Waals surface area contributed by atoms with Gasteiger partial charge in [0, 0.05) is 19.0 Å². The highest BCUT2D eigenvalue weighted by atomic mass is 16.4. The van der Waals surface area contributed by atoms with E-state index in [1.165, 1.54) is 0 Å². The molecule has 0 aliphatic carbocycles. The molecule has 0 aromatic heterocycles. The smallest absolute Gasteiger partial charge is 0.308 e. The first-order chi connectivity index (χ1) is 11.1. The first-order valence-electron chi connectivity index (χ1n) is 7.74. The molecule has 1 fully saturated rings. The van der Waals surface area contributed by atoms with Gasteiger partial charge in [0.05, 0.1) is 12.3 Å². The fraction of sp³-hybridized carbons (Fsp3) is 0.263. The maximum Gasteiger partial charge on any atom is 0.308 e. The van der Waals surface area contributed by atoms with Crippen LogP contribution < -0.4 is 0 Å². The fourth-order valence-corrected chi connectivity index (χ4v) is 3.18. The summed E-state index contributed by atoms with van der Waals surface area (Å²) in [7, 11) is 0. The summed E-state index contributed by atoms with van der Waals surface area (Å²) in [6.07, 6.45) is 0.314. The minimum atomic E-state index is -0.839. The Labute approximate surface area is 135 Å². The Morgan fingerprint density at radius 2 is 1.57 bits per heavy atom. The van der Waals surface area contributed by atoms with Crippen molar-refractivity contribution in [1.29, 1.82) is 0 Å². The van der Waals surface area contributed by atoms with Crippen LogP contribution >= 0.6 is 0 Å². The molecule has 23 heavy (non-hydrogen) atoms. The van der Waals surface area contributed by atoms with Gasteiger partial charge in [-0.1, -0.05) is 60.7 Å². The first kappa shape index (κ1) is 15.3. The number of nitrogens with zero attached hydrogens (tertiary/aromatic N) is 1. The molecule has 2 aromatic carbocycles. The summed E-state index contributed by atoms with van der Waals surface area (Å²) >= 11 is 0. The summed E-state index contributed by atoms with van der Waals surface area (Å²) in [6, 6.07) is 19.1. The standard InChI is InChI=1S/C19H19NO3/c21-18(11-14-7-3-1-4-8-14)20-12-16(17(13-20)19(22)23)15-9-5-2-6-10-15/h1-10,16-17H,11-13H2,(H,22,23)/t16-,17+/m0/s1. The summed E-state index contributed by atoms with van der Waals surface area (Å²) in [5.41, 5.74) is 1.93. The van der Waals surface area contributed by atoms with Crippen LogP contribution in [0, 0.1) is 5.92 Å². The van der Waals surface area contributed by atoms with Gasteiger partial charge in [0.1, 0.15) is 0 Å². The van der Waals surface area contributed by atoms with Gasteiger partial charge in [-0.15, -0.1) is 0 Å². The monoisotopic (exact) mass is 309 g/mol. The highest BCUT2D eigenvalue weighted by Gasteiger charge is 2.40. The van der Waals surface area contributed by atoms with E-state index >= 15 is 0 Å². The van der Waals surface area contributed by atoms with Crippen LogP contribution in [0.2, 0.25) is 0 Å². The van der Waals surface area contributed by atoms with Gasteiger partial charge in [0.25, 0.3) is 0 Å². The van der Waals surface area contributed by atoms with Gasteiger partial charge < -0.3 is 10.0 Å². The van der Waals surface area contributed by atoms with E-state index in [-0.39, 0.29) is 18.4 Å². The number of amides is 1. The predicted octanol–water partition coefficient (Wildman–Crippen LogP) is 2.56. The lowest BCUT2D eigenvalue weighted by Gasteiger charge is -2.16. The Morgan fingerprint density at radius 1 is 0.957 bits per heavy atom. The van der Waals surface area contributed by atoms with Crippen molar-refractivity contribution in [3.63, 3.8) is 0 Å². The zero-order valence-electron chi connectivity index (χ0n) is 12.8. The molecular weight excluding hydrogens is 290 g/mol. The van der Waals surface area contributed by atoms with E-state index in [4.69, 9.17) is 0 Å². The number of carboxylic acids is 1. The van der Waals surface area contributed by atoms with E-state index < -0.39 is 11.9 Å². The van der Waals surface area contributed by atoms with Crippen LogP contribution in [0.25, 0.3) is 0 Å². The zero-order valence-corrected chi connectivity index (χ0v) is 12.8. The number of benzene rings is 2. The summed E-state index contributed by atoms with van der Waals surface area (Å²) in [5, 5.41) is 9.50. The van der Waals surface area contributed by atoms with Gasteiger partial charge in [-0.3, -0.25) is 9.59 Å². The van der Waals surface area contributed by atoms with Gasteiger partial charge in [-0.2, -0.15) is 0 Å². The minimum Gasteiger partial charge on any atom is -0.481 e. The number of carbonyl (C=O) groups excluding carboxylic acids is 1. The molecule has 4 nitrogen and oxygen atoms in total. The van der Waals surface area contributed by atoms with E-state index in [2.05, 4.69) is 0 Å². The molecule has 1 aliphatic heterocycles. The van der Waals surface area contributed by atoms with Crippen molar-refractivity contribution in [1.82, 2.24) is 4.90 Å². The molecule has 2 atom stereocenters. The molecule has 1 amide bonds. The Morgan fingerprint density at radius 3 is 2.17 bits per heavy atom. The normalized spacial score (nSPS) is 20.4. The molecule has 118 valence electrons. The number of hydrogen-bond acceptors (Lipinski definition) is 2. The molecule has 1 saturated heterocycles. The lowest BCUT2D eigenvalue weighted by atomic mass is 9.89. The molecular formula is C19H19NO3. The lowest BCUT2D eigenvalue weighted by Crippen LogP contribution is -2.31. The molecule has 1 aliphatic rings. The van der Waals surface area contributed by atoms with E-state index in [1.54, 1.807) is 4.90 Å². The molecule has 2 aromatic rings. The largest absolute Gasteiger partial charge is 0.481 e. The molecule has 0 saturated carbocycles. The van der Waals surface area contributed by atoms with Crippen LogP contribution in [0.5, 0.6) is 0 Å². The lowest BCUT2D eigenvalue weighted by molar-refractivity contribution is -0.141. The van der Waals surface area contributed by atoms with E-state index in [0.29, 0.717) is 13.0 Å². The van der Waals surface area contributed by atoms with Crippen molar-refractivity contribution < 1.29 is 14.7 Å². The number of carboxylic acid groups (broad SMARTS) is 1. The summed E-state index contributed by atoms with van der Waals surface area (Å²) < 4.78 is 0. The van der Waals surface area contributed by atoms with E-state index in [9.17, 15) is 14.7 Å². The van der Waals surface area contributed by atoms with E-state index in [0.717, 1.165) is 11.1 Å². The van der Waals surface area contributed by atoms with Gasteiger partial charge in [0.2, 0.25) is 5.91 Å². The molecule has 1 N–H and O–H groups in total. The van der Waals surface area contributed by atoms with Crippen LogP contribution in [0.4, 0.5) is 0 Å². The number of aliphatic carboxylic acids is 1. The van der Waals surface area contributed by atoms with Crippen molar-refractivity contribution in [2.75, 3.05) is 13.1 Å². The highest BCUT2D eigenvalue weighted by molar-refractivity contribution is 5.81. The number of hydrogen-bond donors (Lipinski definition) is 1. The molecule has 0 bridgehead atoms. The van der Waals surface area contributed by atoms with Crippen molar-refractivity contribution >= 4 is 11.9 Å². The predicted molar refractivity (Wildman–Crippen MR) is 87.0 cm³/mol.